The molecular formula is C12H18N2O2. The summed E-state index contributed by atoms with van der Waals surface area (Å²) >= 11 is 0. The Morgan fingerprint density at radius 2 is 2.06 bits per heavy atom. The van der Waals surface area contributed by atoms with Crippen molar-refractivity contribution in [1.82, 2.24) is 0 Å². The standard InChI is InChI=1S/C12H18N2O2/c1-3-14(4-2)10-6-5-7-11(8-10)16-9-12(13)15/h5-8H,3-4,9H2,1-2H3,(H2,13,15). The van der Waals surface area contributed by atoms with Crippen LogP contribution < -0.4 is 15.4 Å². The second-order valence-electron chi connectivity index (χ2n) is 3.42. The van der Waals surface area contributed by atoms with Crippen LogP contribution in [0.3, 0.4) is 0 Å². The predicted octanol–water partition coefficient (Wildman–Crippen LogP) is 1.40. The zero-order valence-corrected chi connectivity index (χ0v) is 9.77. The summed E-state index contributed by atoms with van der Waals surface area (Å²) in [6, 6.07) is 7.65. The Morgan fingerprint density at radius 1 is 1.38 bits per heavy atom. The summed E-state index contributed by atoms with van der Waals surface area (Å²) in [7, 11) is 0. The van der Waals surface area contributed by atoms with Crippen LogP contribution in [-0.4, -0.2) is 25.6 Å². The molecule has 0 saturated carbocycles. The fraction of sp³-hybridized carbons (Fsp3) is 0.417. The maximum Gasteiger partial charge on any atom is 0.255 e. The van der Waals surface area contributed by atoms with Crippen molar-refractivity contribution in [3.8, 4) is 5.75 Å². The number of amides is 1. The molecule has 1 rings (SSSR count). The molecule has 4 nitrogen and oxygen atoms in total. The molecule has 2 N–H and O–H groups in total. The molecule has 1 aromatic rings. The van der Waals surface area contributed by atoms with E-state index in [4.69, 9.17) is 10.5 Å². The molecule has 0 aliphatic heterocycles. The molecule has 0 aliphatic rings. The smallest absolute Gasteiger partial charge is 0.255 e. The van der Waals surface area contributed by atoms with Gasteiger partial charge in [-0.2, -0.15) is 0 Å². The summed E-state index contributed by atoms with van der Waals surface area (Å²) in [6.07, 6.45) is 0. The molecule has 0 heterocycles. The number of primary amides is 1. The number of anilines is 1. The van der Waals surface area contributed by atoms with Gasteiger partial charge in [-0.1, -0.05) is 6.07 Å². The van der Waals surface area contributed by atoms with E-state index in [1.807, 2.05) is 24.3 Å². The van der Waals surface area contributed by atoms with Crippen LogP contribution in [0.25, 0.3) is 0 Å². The molecule has 0 fully saturated rings. The quantitative estimate of drug-likeness (QED) is 0.791. The number of carbonyl (C=O) groups excluding carboxylic acids is 1. The summed E-state index contributed by atoms with van der Waals surface area (Å²) < 4.78 is 5.25. The summed E-state index contributed by atoms with van der Waals surface area (Å²) in [5.41, 5.74) is 6.11. The summed E-state index contributed by atoms with van der Waals surface area (Å²) in [5, 5.41) is 0. The van der Waals surface area contributed by atoms with E-state index >= 15 is 0 Å². The zero-order chi connectivity index (χ0) is 12.0. The topological polar surface area (TPSA) is 55.6 Å². The van der Waals surface area contributed by atoms with Crippen LogP contribution in [0.4, 0.5) is 5.69 Å². The van der Waals surface area contributed by atoms with Gasteiger partial charge in [-0.3, -0.25) is 4.79 Å². The Hall–Kier alpha value is -1.71. The van der Waals surface area contributed by atoms with Gasteiger partial charge in [-0.25, -0.2) is 0 Å². The molecule has 0 unspecified atom stereocenters. The fourth-order valence-electron chi connectivity index (χ4n) is 1.51. The van der Waals surface area contributed by atoms with Crippen LogP contribution in [0.5, 0.6) is 5.75 Å². The summed E-state index contributed by atoms with van der Waals surface area (Å²) in [4.78, 5) is 12.8. The van der Waals surface area contributed by atoms with E-state index in [1.165, 1.54) is 0 Å². The van der Waals surface area contributed by atoms with Crippen LogP contribution in [0.15, 0.2) is 24.3 Å². The molecule has 1 aromatic carbocycles. The van der Waals surface area contributed by atoms with Crippen LogP contribution in [0, 0.1) is 0 Å². The van der Waals surface area contributed by atoms with Crippen molar-refractivity contribution in [3.05, 3.63) is 24.3 Å². The molecule has 0 atom stereocenters. The van der Waals surface area contributed by atoms with Gasteiger partial charge in [0.1, 0.15) is 5.75 Å². The lowest BCUT2D eigenvalue weighted by Gasteiger charge is -2.21. The average Bonchev–Trinajstić information content (AvgIpc) is 2.29. The number of hydrogen-bond acceptors (Lipinski definition) is 3. The van der Waals surface area contributed by atoms with Crippen LogP contribution in [0.2, 0.25) is 0 Å². The van der Waals surface area contributed by atoms with E-state index in [0.717, 1.165) is 18.8 Å². The van der Waals surface area contributed by atoms with E-state index in [0.29, 0.717) is 5.75 Å². The third-order valence-electron chi connectivity index (χ3n) is 2.33. The third-order valence-corrected chi connectivity index (χ3v) is 2.33. The molecule has 88 valence electrons. The van der Waals surface area contributed by atoms with Gasteiger partial charge in [-0.05, 0) is 26.0 Å². The van der Waals surface area contributed by atoms with Crippen LogP contribution in [0.1, 0.15) is 13.8 Å². The molecule has 0 spiro atoms. The molecule has 0 saturated heterocycles. The Kier molecular flexibility index (Phi) is 4.64. The van der Waals surface area contributed by atoms with Gasteiger partial charge in [0, 0.05) is 24.8 Å². The second-order valence-corrected chi connectivity index (χ2v) is 3.42. The number of carbonyl (C=O) groups is 1. The fourth-order valence-corrected chi connectivity index (χ4v) is 1.51. The minimum absolute atomic E-state index is 0.0816. The summed E-state index contributed by atoms with van der Waals surface area (Å²) in [6.45, 7) is 5.99. The predicted molar refractivity (Wildman–Crippen MR) is 64.7 cm³/mol. The van der Waals surface area contributed by atoms with Gasteiger partial charge in [0.05, 0.1) is 0 Å². The molecule has 1 amide bonds. The van der Waals surface area contributed by atoms with Gasteiger partial charge in [0.15, 0.2) is 6.61 Å². The number of rotatable bonds is 6. The lowest BCUT2D eigenvalue weighted by molar-refractivity contribution is -0.119. The van der Waals surface area contributed by atoms with Gasteiger partial charge in [0.2, 0.25) is 0 Å². The van der Waals surface area contributed by atoms with Crippen molar-refractivity contribution in [2.75, 3.05) is 24.6 Å². The maximum absolute atomic E-state index is 10.6. The van der Waals surface area contributed by atoms with Crippen LogP contribution in [-0.2, 0) is 4.79 Å². The number of nitrogens with zero attached hydrogens (tertiary/aromatic N) is 1. The Bertz CT molecular complexity index is 349. The number of hydrogen-bond donors (Lipinski definition) is 1. The van der Waals surface area contributed by atoms with Crippen molar-refractivity contribution in [3.63, 3.8) is 0 Å². The Balaban J connectivity index is 2.73. The Morgan fingerprint density at radius 3 is 2.62 bits per heavy atom. The first-order chi connectivity index (χ1) is 7.67. The zero-order valence-electron chi connectivity index (χ0n) is 9.77. The van der Waals surface area contributed by atoms with Crippen molar-refractivity contribution in [2.24, 2.45) is 5.73 Å². The highest BCUT2D eigenvalue weighted by atomic mass is 16.5. The first-order valence-corrected chi connectivity index (χ1v) is 5.43. The van der Waals surface area contributed by atoms with Crippen molar-refractivity contribution < 1.29 is 9.53 Å². The molecule has 0 aromatic heterocycles. The molecular weight excluding hydrogens is 204 g/mol. The Labute approximate surface area is 96.0 Å². The molecule has 0 aliphatic carbocycles. The van der Waals surface area contributed by atoms with Gasteiger partial charge >= 0.3 is 0 Å². The highest BCUT2D eigenvalue weighted by molar-refractivity contribution is 5.75. The van der Waals surface area contributed by atoms with Crippen molar-refractivity contribution in [1.29, 1.82) is 0 Å². The normalized spacial score (nSPS) is 9.88. The SMILES string of the molecule is CCN(CC)c1cccc(OCC(N)=O)c1. The molecule has 0 bridgehead atoms. The van der Waals surface area contributed by atoms with Crippen LogP contribution >= 0.6 is 0 Å². The molecule has 16 heavy (non-hydrogen) atoms. The van der Waals surface area contributed by atoms with E-state index in [9.17, 15) is 4.79 Å². The van der Waals surface area contributed by atoms with Gasteiger partial charge < -0.3 is 15.4 Å². The molecule has 0 radical (unpaired) electrons. The first kappa shape index (κ1) is 12.4. The van der Waals surface area contributed by atoms with E-state index in [1.54, 1.807) is 0 Å². The van der Waals surface area contributed by atoms with Crippen molar-refractivity contribution >= 4 is 11.6 Å². The minimum atomic E-state index is -0.465. The van der Waals surface area contributed by atoms with Gasteiger partial charge in [-0.15, -0.1) is 0 Å². The first-order valence-electron chi connectivity index (χ1n) is 5.43. The molecule has 4 heteroatoms. The number of ether oxygens (including phenoxy) is 1. The highest BCUT2D eigenvalue weighted by Gasteiger charge is 2.03. The second kappa shape index (κ2) is 6.00. The number of benzene rings is 1. The third kappa shape index (κ3) is 3.46. The lowest BCUT2D eigenvalue weighted by atomic mass is 10.2. The number of nitrogens with two attached hydrogens (primary N) is 1. The van der Waals surface area contributed by atoms with E-state index < -0.39 is 5.91 Å². The highest BCUT2D eigenvalue weighted by Crippen LogP contribution is 2.20. The van der Waals surface area contributed by atoms with E-state index in [2.05, 4.69) is 18.7 Å². The van der Waals surface area contributed by atoms with Crippen molar-refractivity contribution in [2.45, 2.75) is 13.8 Å². The largest absolute Gasteiger partial charge is 0.484 e. The van der Waals surface area contributed by atoms with Gasteiger partial charge in [0.25, 0.3) is 5.91 Å². The maximum atomic E-state index is 10.6. The van der Waals surface area contributed by atoms with E-state index in [-0.39, 0.29) is 6.61 Å². The summed E-state index contributed by atoms with van der Waals surface area (Å²) in [5.74, 6) is 0.205. The minimum Gasteiger partial charge on any atom is -0.484 e. The monoisotopic (exact) mass is 222 g/mol. The average molecular weight is 222 g/mol. The lowest BCUT2D eigenvalue weighted by Crippen LogP contribution is -2.22.